The van der Waals surface area contributed by atoms with E-state index in [0.717, 1.165) is 0 Å². The van der Waals surface area contributed by atoms with Crippen molar-refractivity contribution in [2.75, 3.05) is 16.8 Å². The predicted octanol–water partition coefficient (Wildman–Crippen LogP) is 3.43. The second-order valence-electron chi connectivity index (χ2n) is 6.31. The Morgan fingerprint density at radius 1 is 1.04 bits per heavy atom. The standard InChI is InChI=1S/C19H17F2N7/c1-10(26-18-16(22)17(23)24-9-25-18)19-27-14-6-5-12(21)8-15(14)28(19)13-4-2-3-11(20)7-13/h2-10H,22H2,1H3,(H3,23,24,25,26)/t10-/m0/s1. The van der Waals surface area contributed by atoms with Crippen molar-refractivity contribution in [3.05, 3.63) is 66.3 Å². The predicted molar refractivity (Wildman–Crippen MR) is 104 cm³/mol. The fourth-order valence-corrected chi connectivity index (χ4v) is 3.04. The van der Waals surface area contributed by atoms with Crippen molar-refractivity contribution in [2.45, 2.75) is 13.0 Å². The van der Waals surface area contributed by atoms with Crippen LogP contribution in [0, 0.1) is 11.6 Å². The molecule has 2 aromatic heterocycles. The summed E-state index contributed by atoms with van der Waals surface area (Å²) in [6.45, 7) is 1.84. The maximum absolute atomic E-state index is 13.9. The highest BCUT2D eigenvalue weighted by atomic mass is 19.1. The van der Waals surface area contributed by atoms with E-state index in [1.54, 1.807) is 22.8 Å². The number of fused-ring (bicyclic) bond motifs is 1. The summed E-state index contributed by atoms with van der Waals surface area (Å²) in [5.41, 5.74) is 13.5. The summed E-state index contributed by atoms with van der Waals surface area (Å²) in [4.78, 5) is 12.5. The van der Waals surface area contributed by atoms with Gasteiger partial charge in [-0.15, -0.1) is 0 Å². The zero-order valence-corrected chi connectivity index (χ0v) is 14.9. The Labute approximate surface area is 159 Å². The molecule has 2 heterocycles. The molecule has 142 valence electrons. The smallest absolute Gasteiger partial charge is 0.155 e. The van der Waals surface area contributed by atoms with Crippen LogP contribution >= 0.6 is 0 Å². The van der Waals surface area contributed by atoms with Crippen LogP contribution in [0.3, 0.4) is 0 Å². The number of rotatable bonds is 4. The molecule has 5 N–H and O–H groups in total. The van der Waals surface area contributed by atoms with Gasteiger partial charge in [-0.05, 0) is 37.3 Å². The van der Waals surface area contributed by atoms with Crippen molar-refractivity contribution >= 4 is 28.4 Å². The minimum absolute atomic E-state index is 0.158. The Morgan fingerprint density at radius 2 is 1.82 bits per heavy atom. The minimum atomic E-state index is -0.412. The van der Waals surface area contributed by atoms with Gasteiger partial charge in [-0.3, -0.25) is 4.57 Å². The molecule has 0 amide bonds. The summed E-state index contributed by atoms with van der Waals surface area (Å²) in [5, 5.41) is 3.14. The number of hydrogen-bond acceptors (Lipinski definition) is 6. The number of aromatic nitrogens is 4. The van der Waals surface area contributed by atoms with Gasteiger partial charge in [0.05, 0.1) is 22.8 Å². The second-order valence-corrected chi connectivity index (χ2v) is 6.31. The lowest BCUT2D eigenvalue weighted by Gasteiger charge is -2.18. The fraction of sp³-hybridized carbons (Fsp3) is 0.105. The summed E-state index contributed by atoms with van der Waals surface area (Å²) < 4.78 is 29.4. The number of nitrogens with one attached hydrogen (secondary N) is 1. The SMILES string of the molecule is C[C@H](Nc1ncnc(N)c1N)c1nc2ccc(F)cc2n1-c1cccc(F)c1. The van der Waals surface area contributed by atoms with E-state index < -0.39 is 17.7 Å². The van der Waals surface area contributed by atoms with E-state index in [-0.39, 0.29) is 11.5 Å². The third-order valence-corrected chi connectivity index (χ3v) is 4.36. The molecule has 0 saturated heterocycles. The first-order valence-electron chi connectivity index (χ1n) is 8.50. The summed E-state index contributed by atoms with van der Waals surface area (Å²) in [6, 6.07) is 9.87. The van der Waals surface area contributed by atoms with Gasteiger partial charge in [-0.1, -0.05) is 6.07 Å². The van der Waals surface area contributed by atoms with Gasteiger partial charge >= 0.3 is 0 Å². The highest BCUT2D eigenvalue weighted by molar-refractivity contribution is 5.79. The first-order chi connectivity index (χ1) is 13.4. The molecule has 0 fully saturated rings. The quantitative estimate of drug-likeness (QED) is 0.500. The lowest BCUT2D eigenvalue weighted by atomic mass is 10.2. The lowest BCUT2D eigenvalue weighted by Crippen LogP contribution is -2.15. The zero-order valence-electron chi connectivity index (χ0n) is 14.9. The van der Waals surface area contributed by atoms with E-state index in [1.807, 2.05) is 6.92 Å². The van der Waals surface area contributed by atoms with Crippen molar-refractivity contribution in [1.29, 1.82) is 0 Å². The Morgan fingerprint density at radius 3 is 2.61 bits per heavy atom. The molecular formula is C19H17F2N7. The van der Waals surface area contributed by atoms with Crippen molar-refractivity contribution in [1.82, 2.24) is 19.5 Å². The highest BCUT2D eigenvalue weighted by Gasteiger charge is 2.20. The molecule has 4 aromatic rings. The van der Waals surface area contributed by atoms with Crippen molar-refractivity contribution in [3.63, 3.8) is 0 Å². The Kier molecular flexibility index (Phi) is 4.26. The molecule has 0 aliphatic heterocycles. The van der Waals surface area contributed by atoms with Gasteiger partial charge in [0.25, 0.3) is 0 Å². The first-order valence-corrected chi connectivity index (χ1v) is 8.50. The molecule has 0 radical (unpaired) electrons. The van der Waals surface area contributed by atoms with Crippen LogP contribution < -0.4 is 16.8 Å². The number of imidazole rings is 1. The molecule has 4 rings (SSSR count). The van der Waals surface area contributed by atoms with E-state index in [0.29, 0.717) is 28.4 Å². The van der Waals surface area contributed by atoms with Crippen LogP contribution in [0.5, 0.6) is 0 Å². The molecule has 7 nitrogen and oxygen atoms in total. The topological polar surface area (TPSA) is 108 Å². The van der Waals surface area contributed by atoms with E-state index in [4.69, 9.17) is 11.5 Å². The van der Waals surface area contributed by atoms with Crippen LogP contribution in [0.15, 0.2) is 48.8 Å². The number of benzene rings is 2. The number of halogens is 2. The van der Waals surface area contributed by atoms with Gasteiger partial charge in [-0.25, -0.2) is 23.7 Å². The number of nitrogens with zero attached hydrogens (tertiary/aromatic N) is 4. The monoisotopic (exact) mass is 381 g/mol. The largest absolute Gasteiger partial charge is 0.393 e. The maximum atomic E-state index is 13.9. The van der Waals surface area contributed by atoms with Crippen LogP contribution in [-0.2, 0) is 0 Å². The van der Waals surface area contributed by atoms with Gasteiger partial charge in [-0.2, -0.15) is 0 Å². The molecule has 0 bridgehead atoms. The average Bonchev–Trinajstić information content (AvgIpc) is 3.04. The van der Waals surface area contributed by atoms with Crippen molar-refractivity contribution in [2.24, 2.45) is 0 Å². The molecule has 0 saturated carbocycles. The Bertz CT molecular complexity index is 1170. The maximum Gasteiger partial charge on any atom is 0.155 e. The van der Waals surface area contributed by atoms with E-state index in [2.05, 4.69) is 20.3 Å². The van der Waals surface area contributed by atoms with Gasteiger partial charge in [0.2, 0.25) is 0 Å². The number of nitrogen functional groups attached to an aromatic ring is 2. The number of nitrogens with two attached hydrogens (primary N) is 2. The van der Waals surface area contributed by atoms with Crippen LogP contribution in [-0.4, -0.2) is 19.5 Å². The van der Waals surface area contributed by atoms with Crippen LogP contribution in [0.25, 0.3) is 16.7 Å². The minimum Gasteiger partial charge on any atom is -0.393 e. The normalized spacial score (nSPS) is 12.2. The zero-order chi connectivity index (χ0) is 19.8. The van der Waals surface area contributed by atoms with Crippen LogP contribution in [0.1, 0.15) is 18.8 Å². The van der Waals surface area contributed by atoms with Crippen LogP contribution in [0.4, 0.5) is 26.1 Å². The summed E-state index contributed by atoms with van der Waals surface area (Å²) in [6.07, 6.45) is 1.30. The molecular weight excluding hydrogens is 364 g/mol. The Balaban J connectivity index is 1.86. The molecule has 28 heavy (non-hydrogen) atoms. The third-order valence-electron chi connectivity index (χ3n) is 4.36. The van der Waals surface area contributed by atoms with Crippen molar-refractivity contribution < 1.29 is 8.78 Å². The lowest BCUT2D eigenvalue weighted by molar-refractivity contribution is 0.625. The summed E-state index contributed by atoms with van der Waals surface area (Å²) in [7, 11) is 0. The molecule has 0 aliphatic carbocycles. The summed E-state index contributed by atoms with van der Waals surface area (Å²) in [5.74, 6) is 0.220. The second kappa shape index (κ2) is 6.76. The third kappa shape index (κ3) is 3.07. The fourth-order valence-electron chi connectivity index (χ4n) is 3.04. The van der Waals surface area contributed by atoms with Gasteiger partial charge in [0, 0.05) is 6.07 Å². The average molecular weight is 381 g/mol. The van der Waals surface area contributed by atoms with E-state index in [9.17, 15) is 8.78 Å². The van der Waals surface area contributed by atoms with E-state index in [1.165, 1.54) is 30.6 Å². The van der Waals surface area contributed by atoms with Gasteiger partial charge < -0.3 is 16.8 Å². The van der Waals surface area contributed by atoms with Crippen LogP contribution in [0.2, 0.25) is 0 Å². The van der Waals surface area contributed by atoms with Crippen molar-refractivity contribution in [3.8, 4) is 5.69 Å². The summed E-state index contributed by atoms with van der Waals surface area (Å²) >= 11 is 0. The molecule has 2 aromatic carbocycles. The molecule has 1 atom stereocenters. The molecule has 9 heteroatoms. The van der Waals surface area contributed by atoms with E-state index >= 15 is 0 Å². The van der Waals surface area contributed by atoms with Gasteiger partial charge in [0.15, 0.2) is 11.6 Å². The first kappa shape index (κ1) is 17.7. The molecule has 0 spiro atoms. The molecule has 0 unspecified atom stereocenters. The number of hydrogen-bond donors (Lipinski definition) is 3. The Hall–Kier alpha value is -3.75. The molecule has 0 aliphatic rings. The van der Waals surface area contributed by atoms with Gasteiger partial charge in [0.1, 0.15) is 29.5 Å². The number of anilines is 3. The highest BCUT2D eigenvalue weighted by Crippen LogP contribution is 2.29.